The first-order valence-corrected chi connectivity index (χ1v) is 15.0. The molecule has 0 radical (unpaired) electrons. The third kappa shape index (κ3) is 6.40. The molecule has 1 fully saturated rings. The maximum Gasteiger partial charge on any atom is 0.488 e. The molecule has 0 unspecified atom stereocenters. The van der Waals surface area contributed by atoms with Crippen molar-refractivity contribution >= 4 is 31.3 Å². The molecule has 3 aromatic carbocycles. The molecule has 0 atom stereocenters. The predicted molar refractivity (Wildman–Crippen MR) is 152 cm³/mol. The second-order valence-electron chi connectivity index (χ2n) is 10.9. The zero-order valence-electron chi connectivity index (χ0n) is 22.1. The Kier molecular flexibility index (Phi) is 9.00. The standard InChI is InChI=1S/C29H38BFN2O3Si/c1-29(2,3)37(26-10-6-4-7-11-26,27-12-8-5-9-13-27)36-21-20-32-16-18-33(19-17-32)23-24-14-15-25(30(34)35)22-28(24)31/h4-15,22,34-35H,16-21,23H2,1-3H3. The van der Waals surface area contributed by atoms with E-state index in [1.807, 2.05) is 0 Å². The fourth-order valence-corrected chi connectivity index (χ4v) is 9.91. The Morgan fingerprint density at radius 2 is 1.38 bits per heavy atom. The van der Waals surface area contributed by atoms with E-state index in [4.69, 9.17) is 4.43 Å². The van der Waals surface area contributed by atoms with Crippen LogP contribution < -0.4 is 15.8 Å². The summed E-state index contributed by atoms with van der Waals surface area (Å²) in [5.41, 5.74) is 0.750. The minimum absolute atomic E-state index is 0.0416. The molecule has 0 amide bonds. The summed E-state index contributed by atoms with van der Waals surface area (Å²) in [6.07, 6.45) is 0. The number of piperazine rings is 1. The molecule has 4 rings (SSSR count). The average Bonchev–Trinajstić information content (AvgIpc) is 2.89. The van der Waals surface area contributed by atoms with Crippen molar-refractivity contribution in [3.05, 3.63) is 90.2 Å². The van der Waals surface area contributed by atoms with Gasteiger partial charge in [-0.3, -0.25) is 9.80 Å². The highest BCUT2D eigenvalue weighted by Crippen LogP contribution is 2.36. The van der Waals surface area contributed by atoms with E-state index in [2.05, 4.69) is 91.2 Å². The maximum atomic E-state index is 14.4. The van der Waals surface area contributed by atoms with E-state index in [-0.39, 0.29) is 10.5 Å². The van der Waals surface area contributed by atoms with Gasteiger partial charge in [-0.1, -0.05) is 93.6 Å². The van der Waals surface area contributed by atoms with Crippen molar-refractivity contribution in [1.29, 1.82) is 0 Å². The second kappa shape index (κ2) is 12.0. The van der Waals surface area contributed by atoms with Crippen LogP contribution in [0.1, 0.15) is 26.3 Å². The molecule has 1 saturated heterocycles. The highest BCUT2D eigenvalue weighted by Gasteiger charge is 2.50. The molecule has 3 aromatic rings. The van der Waals surface area contributed by atoms with E-state index in [0.717, 1.165) is 32.7 Å². The zero-order valence-corrected chi connectivity index (χ0v) is 23.1. The first kappa shape index (κ1) is 27.7. The number of rotatable bonds is 9. The van der Waals surface area contributed by atoms with E-state index in [1.165, 1.54) is 16.4 Å². The number of hydrogen-bond acceptors (Lipinski definition) is 5. The number of halogens is 1. The molecule has 1 heterocycles. The fraction of sp³-hybridized carbons (Fsp3) is 0.379. The summed E-state index contributed by atoms with van der Waals surface area (Å²) < 4.78 is 21.5. The summed E-state index contributed by atoms with van der Waals surface area (Å²) in [5, 5.41) is 21.0. The second-order valence-corrected chi connectivity index (χ2v) is 15.2. The van der Waals surface area contributed by atoms with Gasteiger partial charge in [-0.05, 0) is 26.9 Å². The summed E-state index contributed by atoms with van der Waals surface area (Å²) in [6, 6.07) is 25.9. The summed E-state index contributed by atoms with van der Waals surface area (Å²) in [4.78, 5) is 4.67. The van der Waals surface area contributed by atoms with E-state index >= 15 is 0 Å². The summed E-state index contributed by atoms with van der Waals surface area (Å²) in [5.74, 6) is -0.397. The average molecular weight is 521 g/mol. The van der Waals surface area contributed by atoms with Crippen LogP contribution in [-0.4, -0.2) is 74.6 Å². The van der Waals surface area contributed by atoms with Crippen LogP contribution in [-0.2, 0) is 11.0 Å². The zero-order chi connectivity index (χ0) is 26.5. The third-order valence-corrected chi connectivity index (χ3v) is 12.4. The Labute approximate surface area is 221 Å². The Morgan fingerprint density at radius 3 is 1.86 bits per heavy atom. The van der Waals surface area contributed by atoms with Crippen LogP contribution in [0.2, 0.25) is 5.04 Å². The lowest BCUT2D eigenvalue weighted by Gasteiger charge is -2.43. The van der Waals surface area contributed by atoms with Crippen molar-refractivity contribution in [3.63, 3.8) is 0 Å². The molecule has 37 heavy (non-hydrogen) atoms. The maximum absolute atomic E-state index is 14.4. The van der Waals surface area contributed by atoms with Gasteiger partial charge >= 0.3 is 7.12 Å². The molecule has 0 spiro atoms. The normalized spacial score (nSPS) is 15.6. The predicted octanol–water partition coefficient (Wildman–Crippen LogP) is 2.20. The van der Waals surface area contributed by atoms with Gasteiger partial charge in [-0.25, -0.2) is 4.39 Å². The molecule has 2 N–H and O–H groups in total. The van der Waals surface area contributed by atoms with Crippen LogP contribution in [0.4, 0.5) is 4.39 Å². The summed E-state index contributed by atoms with van der Waals surface area (Å²) >= 11 is 0. The summed E-state index contributed by atoms with van der Waals surface area (Å²) in [7, 11) is -4.19. The highest BCUT2D eigenvalue weighted by molar-refractivity contribution is 6.99. The van der Waals surface area contributed by atoms with Gasteiger partial charge in [-0.2, -0.15) is 0 Å². The van der Waals surface area contributed by atoms with Crippen LogP contribution in [0.15, 0.2) is 78.9 Å². The molecule has 0 saturated carbocycles. The van der Waals surface area contributed by atoms with E-state index in [0.29, 0.717) is 18.7 Å². The van der Waals surface area contributed by atoms with Crippen LogP contribution in [0, 0.1) is 5.82 Å². The van der Waals surface area contributed by atoms with Gasteiger partial charge in [0, 0.05) is 51.4 Å². The third-order valence-electron chi connectivity index (χ3n) is 7.38. The smallest absolute Gasteiger partial charge is 0.423 e. The van der Waals surface area contributed by atoms with Gasteiger partial charge in [0.25, 0.3) is 8.32 Å². The van der Waals surface area contributed by atoms with Gasteiger partial charge < -0.3 is 14.5 Å². The monoisotopic (exact) mass is 520 g/mol. The number of nitrogens with zero attached hydrogens (tertiary/aromatic N) is 2. The minimum Gasteiger partial charge on any atom is -0.423 e. The first-order chi connectivity index (χ1) is 17.7. The van der Waals surface area contributed by atoms with Gasteiger partial charge in [0.1, 0.15) is 5.82 Å². The van der Waals surface area contributed by atoms with Crippen molar-refractivity contribution < 1.29 is 18.9 Å². The molecule has 0 bridgehead atoms. The number of benzene rings is 3. The lowest BCUT2D eigenvalue weighted by molar-refractivity contribution is 0.110. The molecule has 0 aliphatic carbocycles. The van der Waals surface area contributed by atoms with Gasteiger partial charge in [0.05, 0.1) is 0 Å². The quantitative estimate of drug-likeness (QED) is 0.424. The lowest BCUT2D eigenvalue weighted by Crippen LogP contribution is -2.67. The van der Waals surface area contributed by atoms with Gasteiger partial charge in [0.2, 0.25) is 0 Å². The molecular weight excluding hydrogens is 482 g/mol. The minimum atomic E-state index is -2.53. The van der Waals surface area contributed by atoms with E-state index < -0.39 is 21.3 Å². The largest absolute Gasteiger partial charge is 0.488 e. The molecule has 5 nitrogen and oxygen atoms in total. The van der Waals surface area contributed by atoms with Crippen molar-refractivity contribution in [1.82, 2.24) is 9.80 Å². The van der Waals surface area contributed by atoms with Crippen molar-refractivity contribution in [3.8, 4) is 0 Å². The van der Waals surface area contributed by atoms with Crippen LogP contribution in [0.5, 0.6) is 0 Å². The van der Waals surface area contributed by atoms with Gasteiger partial charge in [0.15, 0.2) is 0 Å². The Bertz CT molecular complexity index is 1100. The van der Waals surface area contributed by atoms with Crippen LogP contribution in [0.3, 0.4) is 0 Å². The van der Waals surface area contributed by atoms with Crippen molar-refractivity contribution in [2.75, 3.05) is 39.3 Å². The Hall–Kier alpha value is -2.33. The number of hydrogen-bond donors (Lipinski definition) is 2. The van der Waals surface area contributed by atoms with E-state index in [9.17, 15) is 14.4 Å². The first-order valence-electron chi connectivity index (χ1n) is 13.0. The molecule has 196 valence electrons. The van der Waals surface area contributed by atoms with Crippen molar-refractivity contribution in [2.45, 2.75) is 32.4 Å². The van der Waals surface area contributed by atoms with Gasteiger partial charge in [-0.15, -0.1) is 0 Å². The topological polar surface area (TPSA) is 56.2 Å². The van der Waals surface area contributed by atoms with Crippen LogP contribution in [0.25, 0.3) is 0 Å². The molecule has 1 aliphatic rings. The lowest BCUT2D eigenvalue weighted by atomic mass is 9.80. The van der Waals surface area contributed by atoms with Crippen molar-refractivity contribution in [2.24, 2.45) is 0 Å². The highest BCUT2D eigenvalue weighted by atomic mass is 28.4. The Morgan fingerprint density at radius 1 is 0.838 bits per heavy atom. The van der Waals surface area contributed by atoms with E-state index in [1.54, 1.807) is 12.1 Å². The SMILES string of the molecule is CC(C)(C)[Si](OCCN1CCN(Cc2ccc(B(O)O)cc2F)CC1)(c1ccccc1)c1ccccc1. The van der Waals surface area contributed by atoms with Crippen LogP contribution >= 0.6 is 0 Å². The molecule has 8 heteroatoms. The summed E-state index contributed by atoms with van der Waals surface area (Å²) in [6.45, 7) is 12.4. The fourth-order valence-electron chi connectivity index (χ4n) is 5.35. The molecule has 0 aromatic heterocycles. The Balaban J connectivity index is 1.39. The molecule has 1 aliphatic heterocycles. The molecular formula is C29H38BFN2O3Si.